The summed E-state index contributed by atoms with van der Waals surface area (Å²) in [5.41, 5.74) is 0.965. The summed E-state index contributed by atoms with van der Waals surface area (Å²) in [7, 11) is 0. The number of hydrogen-bond acceptors (Lipinski definition) is 4. The standard InChI is InChI=1S/C10H19N3O/c1-8(2)12-5-4-11-7-10-6-9(3)14-13-10/h6,8,11-12H,4-5,7H2,1-3H3. The molecule has 0 fully saturated rings. The van der Waals surface area contributed by atoms with Gasteiger partial charge in [-0.1, -0.05) is 19.0 Å². The summed E-state index contributed by atoms with van der Waals surface area (Å²) < 4.78 is 4.95. The van der Waals surface area contributed by atoms with Crippen LogP contribution in [-0.4, -0.2) is 24.3 Å². The van der Waals surface area contributed by atoms with Gasteiger partial charge >= 0.3 is 0 Å². The highest BCUT2D eigenvalue weighted by atomic mass is 16.5. The van der Waals surface area contributed by atoms with E-state index < -0.39 is 0 Å². The van der Waals surface area contributed by atoms with Crippen molar-refractivity contribution in [2.75, 3.05) is 13.1 Å². The Balaban J connectivity index is 2.04. The molecule has 0 bridgehead atoms. The first-order valence-corrected chi connectivity index (χ1v) is 5.05. The number of nitrogens with one attached hydrogen (secondary N) is 2. The lowest BCUT2D eigenvalue weighted by molar-refractivity contribution is 0.388. The van der Waals surface area contributed by atoms with Crippen molar-refractivity contribution >= 4 is 0 Å². The first kappa shape index (κ1) is 11.2. The summed E-state index contributed by atoms with van der Waals surface area (Å²) in [6.07, 6.45) is 0. The topological polar surface area (TPSA) is 50.1 Å². The van der Waals surface area contributed by atoms with Crippen LogP contribution in [0.15, 0.2) is 10.6 Å². The summed E-state index contributed by atoms with van der Waals surface area (Å²) in [6, 6.07) is 2.49. The zero-order chi connectivity index (χ0) is 10.4. The molecular formula is C10H19N3O. The maximum Gasteiger partial charge on any atom is 0.133 e. The van der Waals surface area contributed by atoms with Crippen molar-refractivity contribution in [1.82, 2.24) is 15.8 Å². The van der Waals surface area contributed by atoms with Crippen molar-refractivity contribution in [2.24, 2.45) is 0 Å². The van der Waals surface area contributed by atoms with Crippen LogP contribution < -0.4 is 10.6 Å². The first-order valence-electron chi connectivity index (χ1n) is 5.05. The molecule has 1 rings (SSSR count). The van der Waals surface area contributed by atoms with Crippen LogP contribution in [0.1, 0.15) is 25.3 Å². The normalized spacial score (nSPS) is 11.1. The van der Waals surface area contributed by atoms with Crippen LogP contribution in [0.2, 0.25) is 0 Å². The van der Waals surface area contributed by atoms with Crippen molar-refractivity contribution in [3.05, 3.63) is 17.5 Å². The summed E-state index contributed by atoms with van der Waals surface area (Å²) in [4.78, 5) is 0. The SMILES string of the molecule is Cc1cc(CNCCNC(C)C)no1. The van der Waals surface area contributed by atoms with E-state index in [2.05, 4.69) is 29.6 Å². The summed E-state index contributed by atoms with van der Waals surface area (Å²) in [5.74, 6) is 0.863. The molecule has 4 nitrogen and oxygen atoms in total. The molecular weight excluding hydrogens is 178 g/mol. The predicted molar refractivity (Wildman–Crippen MR) is 56.1 cm³/mol. The van der Waals surface area contributed by atoms with E-state index in [9.17, 15) is 0 Å². The lowest BCUT2D eigenvalue weighted by Gasteiger charge is -2.07. The predicted octanol–water partition coefficient (Wildman–Crippen LogP) is 1.07. The second-order valence-electron chi connectivity index (χ2n) is 3.71. The number of hydrogen-bond donors (Lipinski definition) is 2. The summed E-state index contributed by atoms with van der Waals surface area (Å²) in [5, 5.41) is 10.5. The van der Waals surface area contributed by atoms with E-state index in [0.29, 0.717) is 6.04 Å². The maximum atomic E-state index is 4.95. The van der Waals surface area contributed by atoms with E-state index >= 15 is 0 Å². The number of rotatable bonds is 6. The van der Waals surface area contributed by atoms with Crippen molar-refractivity contribution in [1.29, 1.82) is 0 Å². The molecule has 0 amide bonds. The van der Waals surface area contributed by atoms with Crippen molar-refractivity contribution in [2.45, 2.75) is 33.4 Å². The van der Waals surface area contributed by atoms with Crippen molar-refractivity contribution in [3.63, 3.8) is 0 Å². The van der Waals surface area contributed by atoms with E-state index in [1.807, 2.05) is 13.0 Å². The van der Waals surface area contributed by atoms with Crippen LogP contribution in [0.5, 0.6) is 0 Å². The minimum absolute atomic E-state index is 0.547. The third-order valence-corrected chi connectivity index (χ3v) is 1.84. The van der Waals surface area contributed by atoms with E-state index in [0.717, 1.165) is 31.1 Å². The molecule has 0 saturated heterocycles. The quantitative estimate of drug-likeness (QED) is 0.670. The minimum atomic E-state index is 0.547. The molecule has 0 atom stereocenters. The Bertz CT molecular complexity index is 258. The number of nitrogens with zero attached hydrogens (tertiary/aromatic N) is 1. The fourth-order valence-corrected chi connectivity index (χ4v) is 1.17. The Morgan fingerprint density at radius 1 is 1.43 bits per heavy atom. The summed E-state index contributed by atoms with van der Waals surface area (Å²) in [6.45, 7) is 8.88. The van der Waals surface area contributed by atoms with Crippen LogP contribution in [0.4, 0.5) is 0 Å². The van der Waals surface area contributed by atoms with Gasteiger partial charge < -0.3 is 15.2 Å². The zero-order valence-corrected chi connectivity index (χ0v) is 9.13. The van der Waals surface area contributed by atoms with Crippen LogP contribution in [0.3, 0.4) is 0 Å². The first-order chi connectivity index (χ1) is 6.68. The Morgan fingerprint density at radius 3 is 2.79 bits per heavy atom. The van der Waals surface area contributed by atoms with Gasteiger partial charge in [-0.15, -0.1) is 0 Å². The molecule has 2 N–H and O–H groups in total. The van der Waals surface area contributed by atoms with Crippen LogP contribution in [0.25, 0.3) is 0 Å². The highest BCUT2D eigenvalue weighted by molar-refractivity contribution is 5.02. The molecule has 0 aliphatic carbocycles. The highest BCUT2D eigenvalue weighted by Gasteiger charge is 1.98. The van der Waals surface area contributed by atoms with Crippen LogP contribution >= 0.6 is 0 Å². The molecule has 0 aliphatic heterocycles. The van der Waals surface area contributed by atoms with E-state index in [1.165, 1.54) is 0 Å². The van der Waals surface area contributed by atoms with Crippen molar-refractivity contribution < 1.29 is 4.52 Å². The van der Waals surface area contributed by atoms with Gasteiger partial charge in [0.15, 0.2) is 0 Å². The average molecular weight is 197 g/mol. The fourth-order valence-electron chi connectivity index (χ4n) is 1.17. The molecule has 80 valence electrons. The Kier molecular flexibility index (Phi) is 4.62. The van der Waals surface area contributed by atoms with E-state index in [1.54, 1.807) is 0 Å². The van der Waals surface area contributed by atoms with E-state index in [-0.39, 0.29) is 0 Å². The van der Waals surface area contributed by atoms with E-state index in [4.69, 9.17) is 4.52 Å². The number of aryl methyl sites for hydroxylation is 1. The molecule has 0 radical (unpaired) electrons. The molecule has 1 aromatic rings. The molecule has 0 unspecified atom stereocenters. The molecule has 0 aromatic carbocycles. The molecule has 0 saturated carbocycles. The summed E-state index contributed by atoms with van der Waals surface area (Å²) >= 11 is 0. The largest absolute Gasteiger partial charge is 0.361 e. The van der Waals surface area contributed by atoms with Crippen LogP contribution in [0, 0.1) is 6.92 Å². The smallest absolute Gasteiger partial charge is 0.133 e. The van der Waals surface area contributed by atoms with Gasteiger partial charge in [0.25, 0.3) is 0 Å². The second-order valence-corrected chi connectivity index (χ2v) is 3.71. The Hall–Kier alpha value is -0.870. The lowest BCUT2D eigenvalue weighted by Crippen LogP contribution is -2.31. The molecule has 1 heterocycles. The zero-order valence-electron chi connectivity index (χ0n) is 9.13. The molecule has 4 heteroatoms. The van der Waals surface area contributed by atoms with Gasteiger partial charge in [0.2, 0.25) is 0 Å². The van der Waals surface area contributed by atoms with Gasteiger partial charge in [-0.3, -0.25) is 0 Å². The van der Waals surface area contributed by atoms with Gasteiger partial charge in [-0.05, 0) is 6.92 Å². The maximum absolute atomic E-state index is 4.95. The van der Waals surface area contributed by atoms with Gasteiger partial charge in [-0.2, -0.15) is 0 Å². The van der Waals surface area contributed by atoms with Gasteiger partial charge in [0.1, 0.15) is 5.76 Å². The van der Waals surface area contributed by atoms with Gasteiger partial charge in [0.05, 0.1) is 5.69 Å². The van der Waals surface area contributed by atoms with Crippen molar-refractivity contribution in [3.8, 4) is 0 Å². The molecule has 1 aromatic heterocycles. The molecule has 0 aliphatic rings. The molecule has 0 spiro atoms. The third kappa shape index (κ3) is 4.39. The second kappa shape index (κ2) is 5.78. The Labute approximate surface area is 85.1 Å². The minimum Gasteiger partial charge on any atom is -0.361 e. The van der Waals surface area contributed by atoms with Gasteiger partial charge in [0, 0.05) is 31.7 Å². The lowest BCUT2D eigenvalue weighted by atomic mass is 10.3. The fraction of sp³-hybridized carbons (Fsp3) is 0.700. The monoisotopic (exact) mass is 197 g/mol. The van der Waals surface area contributed by atoms with Gasteiger partial charge in [-0.25, -0.2) is 0 Å². The Morgan fingerprint density at radius 2 is 2.21 bits per heavy atom. The average Bonchev–Trinajstić information content (AvgIpc) is 2.50. The highest BCUT2D eigenvalue weighted by Crippen LogP contribution is 1.99. The number of aromatic nitrogens is 1. The molecule has 14 heavy (non-hydrogen) atoms. The van der Waals surface area contributed by atoms with Crippen LogP contribution in [-0.2, 0) is 6.54 Å². The third-order valence-electron chi connectivity index (χ3n) is 1.84.